The summed E-state index contributed by atoms with van der Waals surface area (Å²) in [5, 5.41) is 8.82. The van der Waals surface area contributed by atoms with Gasteiger partial charge in [-0.2, -0.15) is 0 Å². The first-order chi connectivity index (χ1) is 7.28. The molecule has 92 valence electrons. The minimum absolute atomic E-state index is 0.156. The standard InChI is InChI=1S/C10H14F2O4/c1-4-16-9(15)10(7(11)12,8(13)14)5-6(2)3/h7H,2,4-5H2,1,3H3,(H,13,14). The molecular weight excluding hydrogens is 222 g/mol. The van der Waals surface area contributed by atoms with Crippen LogP contribution in [0.1, 0.15) is 20.3 Å². The van der Waals surface area contributed by atoms with Gasteiger partial charge in [0.25, 0.3) is 6.43 Å². The smallest absolute Gasteiger partial charge is 0.329 e. The van der Waals surface area contributed by atoms with Gasteiger partial charge in [-0.15, -0.1) is 6.58 Å². The first-order valence-corrected chi connectivity index (χ1v) is 4.62. The Kier molecular flexibility index (Phi) is 5.07. The maximum Gasteiger partial charge on any atom is 0.329 e. The van der Waals surface area contributed by atoms with Crippen molar-refractivity contribution >= 4 is 11.9 Å². The van der Waals surface area contributed by atoms with Crippen LogP contribution in [0.5, 0.6) is 0 Å². The zero-order chi connectivity index (χ0) is 12.9. The number of ether oxygens (including phenoxy) is 1. The second kappa shape index (κ2) is 5.58. The van der Waals surface area contributed by atoms with Crippen molar-refractivity contribution in [1.29, 1.82) is 0 Å². The van der Waals surface area contributed by atoms with E-state index in [9.17, 15) is 18.4 Å². The van der Waals surface area contributed by atoms with Gasteiger partial charge in [0.1, 0.15) is 0 Å². The molecule has 16 heavy (non-hydrogen) atoms. The fourth-order valence-corrected chi connectivity index (χ4v) is 1.23. The van der Waals surface area contributed by atoms with Gasteiger partial charge in [-0.3, -0.25) is 9.59 Å². The number of carbonyl (C=O) groups is 2. The molecule has 1 N–H and O–H groups in total. The maximum atomic E-state index is 12.8. The highest BCUT2D eigenvalue weighted by Gasteiger charge is 2.55. The summed E-state index contributed by atoms with van der Waals surface area (Å²) in [6.45, 7) is 5.97. The number of aliphatic carboxylic acids is 1. The monoisotopic (exact) mass is 236 g/mol. The van der Waals surface area contributed by atoms with Gasteiger partial charge >= 0.3 is 11.9 Å². The Morgan fingerprint density at radius 3 is 2.25 bits per heavy atom. The van der Waals surface area contributed by atoms with E-state index in [1.807, 2.05) is 0 Å². The second-order valence-corrected chi connectivity index (χ2v) is 3.43. The largest absolute Gasteiger partial charge is 0.480 e. The summed E-state index contributed by atoms with van der Waals surface area (Å²) < 4.78 is 30.0. The molecule has 0 saturated heterocycles. The molecule has 6 heteroatoms. The van der Waals surface area contributed by atoms with Crippen molar-refractivity contribution in [3.05, 3.63) is 12.2 Å². The van der Waals surface area contributed by atoms with E-state index in [2.05, 4.69) is 11.3 Å². The second-order valence-electron chi connectivity index (χ2n) is 3.43. The lowest BCUT2D eigenvalue weighted by atomic mass is 9.82. The fraction of sp³-hybridized carbons (Fsp3) is 0.600. The summed E-state index contributed by atoms with van der Waals surface area (Å²) in [6, 6.07) is 0. The third-order valence-electron chi connectivity index (χ3n) is 1.97. The van der Waals surface area contributed by atoms with Crippen LogP contribution in [-0.2, 0) is 14.3 Å². The number of carboxylic acids is 1. The molecule has 0 radical (unpaired) electrons. The van der Waals surface area contributed by atoms with Crippen LogP contribution in [0.4, 0.5) is 8.78 Å². The Bertz CT molecular complexity index is 301. The Balaban J connectivity index is 5.34. The van der Waals surface area contributed by atoms with Gasteiger partial charge in [0.15, 0.2) is 0 Å². The molecular formula is C10H14F2O4. The Morgan fingerprint density at radius 2 is 2.00 bits per heavy atom. The number of esters is 1. The summed E-state index contributed by atoms with van der Waals surface area (Å²) in [5.41, 5.74) is -2.67. The van der Waals surface area contributed by atoms with Crippen molar-refractivity contribution in [2.45, 2.75) is 26.7 Å². The normalized spacial score (nSPS) is 14.3. The van der Waals surface area contributed by atoms with E-state index in [0.29, 0.717) is 0 Å². The quantitative estimate of drug-likeness (QED) is 0.434. The average Bonchev–Trinajstić information content (AvgIpc) is 2.12. The Morgan fingerprint density at radius 1 is 1.50 bits per heavy atom. The van der Waals surface area contributed by atoms with E-state index in [-0.39, 0.29) is 12.2 Å². The molecule has 1 unspecified atom stereocenters. The van der Waals surface area contributed by atoms with Crippen molar-refractivity contribution in [2.24, 2.45) is 5.41 Å². The van der Waals surface area contributed by atoms with Crippen LogP contribution in [0.2, 0.25) is 0 Å². The minimum atomic E-state index is -3.35. The lowest BCUT2D eigenvalue weighted by Gasteiger charge is -2.26. The highest BCUT2D eigenvalue weighted by molar-refractivity contribution is 6.00. The summed E-state index contributed by atoms with van der Waals surface area (Å²) >= 11 is 0. The van der Waals surface area contributed by atoms with Crippen molar-refractivity contribution in [2.75, 3.05) is 6.61 Å². The number of hydrogen-bond acceptors (Lipinski definition) is 3. The molecule has 0 bridgehead atoms. The fourth-order valence-electron chi connectivity index (χ4n) is 1.23. The van der Waals surface area contributed by atoms with Gasteiger partial charge < -0.3 is 9.84 Å². The van der Waals surface area contributed by atoms with Crippen molar-refractivity contribution in [3.63, 3.8) is 0 Å². The van der Waals surface area contributed by atoms with Crippen LogP contribution in [0.25, 0.3) is 0 Å². The number of hydrogen-bond donors (Lipinski definition) is 1. The SMILES string of the molecule is C=C(C)CC(C(=O)O)(C(=O)OCC)C(F)F. The highest BCUT2D eigenvalue weighted by Crippen LogP contribution is 2.35. The van der Waals surface area contributed by atoms with Crippen LogP contribution < -0.4 is 0 Å². The maximum absolute atomic E-state index is 12.8. The van der Waals surface area contributed by atoms with Crippen LogP contribution in [0.3, 0.4) is 0 Å². The van der Waals surface area contributed by atoms with E-state index < -0.39 is 30.2 Å². The zero-order valence-corrected chi connectivity index (χ0v) is 9.13. The molecule has 4 nitrogen and oxygen atoms in total. The Hall–Kier alpha value is -1.46. The lowest BCUT2D eigenvalue weighted by molar-refractivity contribution is -0.180. The van der Waals surface area contributed by atoms with Gasteiger partial charge in [0, 0.05) is 6.42 Å². The van der Waals surface area contributed by atoms with Gasteiger partial charge in [0.05, 0.1) is 6.61 Å². The third kappa shape index (κ3) is 2.77. The molecule has 0 fully saturated rings. The molecule has 1 atom stereocenters. The predicted molar refractivity (Wildman–Crippen MR) is 52.1 cm³/mol. The molecule has 0 saturated carbocycles. The van der Waals surface area contributed by atoms with Gasteiger partial charge in [-0.05, 0) is 13.8 Å². The van der Waals surface area contributed by atoms with E-state index in [4.69, 9.17) is 5.11 Å². The third-order valence-corrected chi connectivity index (χ3v) is 1.97. The first-order valence-electron chi connectivity index (χ1n) is 4.62. The molecule has 0 amide bonds. The van der Waals surface area contributed by atoms with Crippen LogP contribution in [0.15, 0.2) is 12.2 Å². The highest BCUT2D eigenvalue weighted by atomic mass is 19.3. The molecule has 0 aliphatic heterocycles. The first kappa shape index (κ1) is 14.5. The molecule has 0 aromatic rings. The van der Waals surface area contributed by atoms with Crippen LogP contribution >= 0.6 is 0 Å². The summed E-state index contributed by atoms with van der Waals surface area (Å²) in [6.07, 6.45) is -3.99. The van der Waals surface area contributed by atoms with E-state index in [0.717, 1.165) is 0 Å². The van der Waals surface area contributed by atoms with Crippen molar-refractivity contribution < 1.29 is 28.2 Å². The van der Waals surface area contributed by atoms with E-state index in [1.54, 1.807) is 0 Å². The Labute approximate surface area is 91.9 Å². The van der Waals surface area contributed by atoms with Gasteiger partial charge in [-0.1, -0.05) is 5.57 Å². The predicted octanol–water partition coefficient (Wildman–Crippen LogP) is 1.85. The van der Waals surface area contributed by atoms with Gasteiger partial charge in [-0.25, -0.2) is 8.78 Å². The van der Waals surface area contributed by atoms with Crippen molar-refractivity contribution in [3.8, 4) is 0 Å². The minimum Gasteiger partial charge on any atom is -0.480 e. The lowest BCUT2D eigenvalue weighted by Crippen LogP contribution is -2.46. The van der Waals surface area contributed by atoms with Crippen LogP contribution in [0, 0.1) is 5.41 Å². The molecule has 0 aromatic carbocycles. The molecule has 0 aliphatic rings. The number of allylic oxidation sites excluding steroid dienone is 1. The summed E-state index contributed by atoms with van der Waals surface area (Å²) in [5.74, 6) is -3.33. The molecule has 0 heterocycles. The zero-order valence-electron chi connectivity index (χ0n) is 9.13. The number of carbonyl (C=O) groups excluding carboxylic acids is 1. The molecule has 0 rings (SSSR count). The van der Waals surface area contributed by atoms with Crippen LogP contribution in [-0.4, -0.2) is 30.1 Å². The van der Waals surface area contributed by atoms with E-state index in [1.165, 1.54) is 13.8 Å². The number of alkyl halides is 2. The summed E-state index contributed by atoms with van der Waals surface area (Å²) in [4.78, 5) is 22.3. The molecule has 0 spiro atoms. The van der Waals surface area contributed by atoms with Gasteiger partial charge in [0.2, 0.25) is 5.41 Å². The number of carboxylic acid groups (broad SMARTS) is 1. The molecule has 0 aromatic heterocycles. The summed E-state index contributed by atoms with van der Waals surface area (Å²) in [7, 11) is 0. The number of halogens is 2. The molecule has 0 aliphatic carbocycles. The topological polar surface area (TPSA) is 63.6 Å². The van der Waals surface area contributed by atoms with E-state index >= 15 is 0 Å². The van der Waals surface area contributed by atoms with Crippen molar-refractivity contribution in [1.82, 2.24) is 0 Å². The number of rotatable bonds is 6. The average molecular weight is 236 g/mol.